The maximum absolute atomic E-state index is 11.9. The Hall–Kier alpha value is -2.14. The van der Waals surface area contributed by atoms with E-state index >= 15 is 0 Å². The molecule has 0 aliphatic heterocycles. The molecule has 1 atom stereocenters. The summed E-state index contributed by atoms with van der Waals surface area (Å²) in [5.74, 6) is -0.213. The fourth-order valence-electron chi connectivity index (χ4n) is 2.11. The summed E-state index contributed by atoms with van der Waals surface area (Å²) in [5, 5.41) is 6.72. The van der Waals surface area contributed by atoms with Crippen molar-refractivity contribution in [1.82, 2.24) is 5.32 Å². The van der Waals surface area contributed by atoms with E-state index in [0.29, 0.717) is 0 Å². The molecule has 0 heterocycles. The molecule has 0 bridgehead atoms. The Kier molecular flexibility index (Phi) is 6.35. The standard InChI is InChI=1S/C18H19BrN2O2/c1-13-7-3-4-8-15(13)11-20-23-12-18(22)21-14(2)16-9-5-6-10-17(16)19/h3-11,14H,12H2,1-2H3,(H,21,22)/b20-11-/t14-/m0/s1. The van der Waals surface area contributed by atoms with Gasteiger partial charge in [-0.25, -0.2) is 0 Å². The van der Waals surface area contributed by atoms with E-state index in [2.05, 4.69) is 26.4 Å². The van der Waals surface area contributed by atoms with Crippen LogP contribution >= 0.6 is 15.9 Å². The molecule has 1 N–H and O–H groups in total. The number of oxime groups is 1. The van der Waals surface area contributed by atoms with Crippen molar-refractivity contribution >= 4 is 28.1 Å². The Morgan fingerprint density at radius 1 is 1.26 bits per heavy atom. The molecule has 0 unspecified atom stereocenters. The monoisotopic (exact) mass is 374 g/mol. The number of halogens is 1. The SMILES string of the molecule is Cc1ccccc1/C=N\OCC(=O)N[C@@H](C)c1ccccc1Br. The number of carbonyl (C=O) groups is 1. The number of amides is 1. The Morgan fingerprint density at radius 2 is 1.96 bits per heavy atom. The van der Waals surface area contributed by atoms with Crippen molar-refractivity contribution in [3.05, 3.63) is 69.7 Å². The lowest BCUT2D eigenvalue weighted by atomic mass is 10.1. The van der Waals surface area contributed by atoms with Crippen LogP contribution in [0.4, 0.5) is 0 Å². The summed E-state index contributed by atoms with van der Waals surface area (Å²) in [6.45, 7) is 3.80. The van der Waals surface area contributed by atoms with Crippen LogP contribution in [-0.4, -0.2) is 18.7 Å². The van der Waals surface area contributed by atoms with Gasteiger partial charge in [0.1, 0.15) is 0 Å². The highest BCUT2D eigenvalue weighted by Gasteiger charge is 2.12. The number of aryl methyl sites for hydroxylation is 1. The number of nitrogens with one attached hydrogen (secondary N) is 1. The molecule has 120 valence electrons. The minimum absolute atomic E-state index is 0.109. The Labute approximate surface area is 144 Å². The summed E-state index contributed by atoms with van der Waals surface area (Å²) in [5.41, 5.74) is 3.09. The van der Waals surface area contributed by atoms with Gasteiger partial charge in [-0.05, 0) is 36.6 Å². The van der Waals surface area contributed by atoms with Crippen LogP contribution in [0.15, 0.2) is 58.2 Å². The number of nitrogens with zero attached hydrogens (tertiary/aromatic N) is 1. The lowest BCUT2D eigenvalue weighted by molar-refractivity contribution is -0.126. The summed E-state index contributed by atoms with van der Waals surface area (Å²) in [4.78, 5) is 17.0. The van der Waals surface area contributed by atoms with Crippen molar-refractivity contribution in [2.75, 3.05) is 6.61 Å². The number of benzene rings is 2. The Balaban J connectivity index is 1.81. The number of rotatable bonds is 6. The largest absolute Gasteiger partial charge is 0.386 e. The van der Waals surface area contributed by atoms with Crippen LogP contribution in [0, 0.1) is 6.92 Å². The molecule has 5 heteroatoms. The average molecular weight is 375 g/mol. The van der Waals surface area contributed by atoms with E-state index in [1.807, 2.05) is 62.4 Å². The highest BCUT2D eigenvalue weighted by atomic mass is 79.9. The van der Waals surface area contributed by atoms with E-state index < -0.39 is 0 Å². The topological polar surface area (TPSA) is 50.7 Å². The summed E-state index contributed by atoms with van der Waals surface area (Å²) >= 11 is 3.48. The third kappa shape index (κ3) is 5.21. The highest BCUT2D eigenvalue weighted by molar-refractivity contribution is 9.10. The maximum Gasteiger partial charge on any atom is 0.261 e. The van der Waals surface area contributed by atoms with Crippen molar-refractivity contribution < 1.29 is 9.63 Å². The van der Waals surface area contributed by atoms with Gasteiger partial charge in [0, 0.05) is 4.47 Å². The second-order valence-corrected chi connectivity index (χ2v) is 6.03. The third-order valence-corrected chi connectivity index (χ3v) is 4.12. The van der Waals surface area contributed by atoms with Crippen LogP contribution in [0.1, 0.15) is 29.7 Å². The molecule has 0 saturated carbocycles. The molecule has 2 rings (SSSR count). The van der Waals surface area contributed by atoms with Crippen LogP contribution in [0.2, 0.25) is 0 Å². The van der Waals surface area contributed by atoms with Gasteiger partial charge in [0.25, 0.3) is 5.91 Å². The number of carbonyl (C=O) groups excluding carboxylic acids is 1. The number of hydrogen-bond donors (Lipinski definition) is 1. The van der Waals surface area contributed by atoms with Gasteiger partial charge in [0.05, 0.1) is 12.3 Å². The van der Waals surface area contributed by atoms with Gasteiger partial charge in [-0.3, -0.25) is 4.79 Å². The van der Waals surface area contributed by atoms with Gasteiger partial charge in [-0.1, -0.05) is 63.6 Å². The lowest BCUT2D eigenvalue weighted by Crippen LogP contribution is -2.29. The van der Waals surface area contributed by atoms with Crippen molar-refractivity contribution in [2.45, 2.75) is 19.9 Å². The average Bonchev–Trinajstić information content (AvgIpc) is 2.53. The van der Waals surface area contributed by atoms with Crippen molar-refractivity contribution in [2.24, 2.45) is 5.16 Å². The second-order valence-electron chi connectivity index (χ2n) is 5.18. The van der Waals surface area contributed by atoms with Crippen LogP contribution in [0.25, 0.3) is 0 Å². The first-order chi connectivity index (χ1) is 11.1. The molecule has 0 aromatic heterocycles. The predicted octanol–water partition coefficient (Wildman–Crippen LogP) is 3.99. The maximum atomic E-state index is 11.9. The smallest absolute Gasteiger partial charge is 0.261 e. The molecule has 23 heavy (non-hydrogen) atoms. The molecule has 0 spiro atoms. The fraction of sp³-hybridized carbons (Fsp3) is 0.222. The quantitative estimate of drug-likeness (QED) is 0.613. The molecular weight excluding hydrogens is 356 g/mol. The zero-order chi connectivity index (χ0) is 16.7. The van der Waals surface area contributed by atoms with Gasteiger partial charge >= 0.3 is 0 Å². The molecule has 2 aromatic carbocycles. The molecular formula is C18H19BrN2O2. The van der Waals surface area contributed by atoms with Crippen molar-refractivity contribution in [3.8, 4) is 0 Å². The van der Waals surface area contributed by atoms with E-state index in [9.17, 15) is 4.79 Å². The molecule has 0 fully saturated rings. The van der Waals surface area contributed by atoms with Crippen LogP contribution in [0.5, 0.6) is 0 Å². The zero-order valence-electron chi connectivity index (χ0n) is 13.1. The highest BCUT2D eigenvalue weighted by Crippen LogP contribution is 2.22. The minimum Gasteiger partial charge on any atom is -0.386 e. The molecule has 0 aliphatic carbocycles. The van der Waals surface area contributed by atoms with E-state index in [4.69, 9.17) is 4.84 Å². The molecule has 2 aromatic rings. The van der Waals surface area contributed by atoms with Crippen molar-refractivity contribution in [3.63, 3.8) is 0 Å². The van der Waals surface area contributed by atoms with Crippen molar-refractivity contribution in [1.29, 1.82) is 0 Å². The van der Waals surface area contributed by atoms with E-state index in [-0.39, 0.29) is 18.6 Å². The molecule has 1 amide bonds. The van der Waals surface area contributed by atoms with Gasteiger partial charge in [0.2, 0.25) is 0 Å². The Bertz CT molecular complexity index is 701. The van der Waals surface area contributed by atoms with E-state index in [1.54, 1.807) is 6.21 Å². The van der Waals surface area contributed by atoms with E-state index in [1.165, 1.54) is 0 Å². The predicted molar refractivity (Wildman–Crippen MR) is 95.4 cm³/mol. The first kappa shape index (κ1) is 17.2. The molecule has 0 saturated heterocycles. The lowest BCUT2D eigenvalue weighted by Gasteiger charge is -2.15. The summed E-state index contributed by atoms with van der Waals surface area (Å²) in [7, 11) is 0. The third-order valence-electron chi connectivity index (χ3n) is 3.40. The summed E-state index contributed by atoms with van der Waals surface area (Å²) < 4.78 is 0.964. The molecule has 4 nitrogen and oxygen atoms in total. The fourth-order valence-corrected chi connectivity index (χ4v) is 2.74. The summed E-state index contributed by atoms with van der Waals surface area (Å²) in [6, 6.07) is 15.5. The van der Waals surface area contributed by atoms with Gasteiger partial charge in [-0.2, -0.15) is 0 Å². The normalized spacial score (nSPS) is 12.1. The van der Waals surface area contributed by atoms with Crippen LogP contribution in [-0.2, 0) is 9.63 Å². The first-order valence-electron chi connectivity index (χ1n) is 7.32. The van der Waals surface area contributed by atoms with Crippen LogP contribution < -0.4 is 5.32 Å². The Morgan fingerprint density at radius 3 is 2.70 bits per heavy atom. The second kappa shape index (κ2) is 8.48. The molecule has 0 aliphatic rings. The van der Waals surface area contributed by atoms with Crippen LogP contribution in [0.3, 0.4) is 0 Å². The minimum atomic E-state index is -0.213. The zero-order valence-corrected chi connectivity index (χ0v) is 14.7. The van der Waals surface area contributed by atoms with Gasteiger partial charge in [-0.15, -0.1) is 0 Å². The van der Waals surface area contributed by atoms with Gasteiger partial charge < -0.3 is 10.2 Å². The number of hydrogen-bond acceptors (Lipinski definition) is 3. The van der Waals surface area contributed by atoms with Gasteiger partial charge in [0.15, 0.2) is 6.61 Å². The molecule has 0 radical (unpaired) electrons. The first-order valence-corrected chi connectivity index (χ1v) is 8.12. The summed E-state index contributed by atoms with van der Waals surface area (Å²) in [6.07, 6.45) is 1.61. The van der Waals surface area contributed by atoms with E-state index in [0.717, 1.165) is 21.2 Å².